The minimum absolute atomic E-state index is 0.236. The smallest absolute Gasteiger partial charge is 0.271 e. The Kier molecular flexibility index (Phi) is 6.39. The van der Waals surface area contributed by atoms with Gasteiger partial charge in [-0.1, -0.05) is 48.5 Å². The summed E-state index contributed by atoms with van der Waals surface area (Å²) in [5, 5.41) is 6.44. The van der Waals surface area contributed by atoms with Gasteiger partial charge in [0.1, 0.15) is 12.4 Å². The molecule has 0 fully saturated rings. The van der Waals surface area contributed by atoms with Crippen LogP contribution in [0.25, 0.3) is 10.8 Å². The van der Waals surface area contributed by atoms with Crippen molar-refractivity contribution in [3.8, 4) is 5.75 Å². The average Bonchev–Trinajstić information content (AvgIpc) is 2.78. The summed E-state index contributed by atoms with van der Waals surface area (Å²) in [6.07, 6.45) is 1.61. The Labute approximate surface area is 188 Å². The third-order valence-corrected chi connectivity index (χ3v) is 5.29. The van der Waals surface area contributed by atoms with Crippen molar-refractivity contribution in [3.05, 3.63) is 111 Å². The number of halogens is 1. The molecule has 5 heteroatoms. The van der Waals surface area contributed by atoms with E-state index in [9.17, 15) is 4.79 Å². The molecule has 30 heavy (non-hydrogen) atoms. The maximum atomic E-state index is 12.1. The number of amides is 1. The summed E-state index contributed by atoms with van der Waals surface area (Å²) in [4.78, 5) is 12.1. The normalized spacial score (nSPS) is 11.0. The molecule has 4 nitrogen and oxygen atoms in total. The van der Waals surface area contributed by atoms with Crippen LogP contribution < -0.4 is 10.2 Å². The Morgan fingerprint density at radius 3 is 2.53 bits per heavy atom. The summed E-state index contributed by atoms with van der Waals surface area (Å²) in [7, 11) is 0. The van der Waals surface area contributed by atoms with Crippen molar-refractivity contribution in [2.24, 2.45) is 5.10 Å². The average molecular weight is 506 g/mol. The molecule has 0 saturated heterocycles. The SMILES string of the molecule is O=C(N/N=C\c1ccc(OCc2cccc3ccccc23)cc1)c1cccc(I)c1. The fourth-order valence-electron chi connectivity index (χ4n) is 3.09. The number of benzene rings is 4. The fourth-order valence-corrected chi connectivity index (χ4v) is 3.63. The van der Waals surface area contributed by atoms with Crippen molar-refractivity contribution in [1.29, 1.82) is 0 Å². The number of fused-ring (bicyclic) bond motifs is 1. The Morgan fingerprint density at radius 2 is 1.70 bits per heavy atom. The summed E-state index contributed by atoms with van der Waals surface area (Å²) >= 11 is 2.17. The molecule has 148 valence electrons. The Hall–Kier alpha value is -3.19. The molecule has 4 aromatic rings. The number of hydrogen-bond donors (Lipinski definition) is 1. The van der Waals surface area contributed by atoms with E-state index in [0.717, 1.165) is 20.4 Å². The van der Waals surface area contributed by atoms with Gasteiger partial charge in [-0.2, -0.15) is 5.10 Å². The number of ether oxygens (including phenoxy) is 1. The van der Waals surface area contributed by atoms with Crippen LogP contribution in [0.3, 0.4) is 0 Å². The van der Waals surface area contributed by atoms with Crippen molar-refractivity contribution in [3.63, 3.8) is 0 Å². The van der Waals surface area contributed by atoms with Crippen LogP contribution in [-0.4, -0.2) is 12.1 Å². The van der Waals surface area contributed by atoms with Gasteiger partial charge in [-0.25, -0.2) is 5.43 Å². The lowest BCUT2D eigenvalue weighted by Crippen LogP contribution is -2.17. The summed E-state index contributed by atoms with van der Waals surface area (Å²) in [5.41, 5.74) is 5.15. The van der Waals surface area contributed by atoms with Crippen LogP contribution in [0.1, 0.15) is 21.5 Å². The highest BCUT2D eigenvalue weighted by Gasteiger charge is 2.04. The molecule has 0 bridgehead atoms. The Bertz CT molecular complexity index is 1200. The highest BCUT2D eigenvalue weighted by atomic mass is 127. The number of hydrogen-bond acceptors (Lipinski definition) is 3. The first kappa shape index (κ1) is 20.1. The van der Waals surface area contributed by atoms with Gasteiger partial charge in [0.05, 0.1) is 6.21 Å². The maximum absolute atomic E-state index is 12.1. The molecule has 0 atom stereocenters. The second-order valence-electron chi connectivity index (χ2n) is 6.71. The van der Waals surface area contributed by atoms with E-state index in [-0.39, 0.29) is 5.91 Å². The van der Waals surface area contributed by atoms with Crippen LogP contribution in [0.2, 0.25) is 0 Å². The van der Waals surface area contributed by atoms with Crippen LogP contribution in [0.15, 0.2) is 96.1 Å². The van der Waals surface area contributed by atoms with E-state index in [0.29, 0.717) is 12.2 Å². The summed E-state index contributed by atoms with van der Waals surface area (Å²) in [5.74, 6) is 0.544. The number of nitrogens with one attached hydrogen (secondary N) is 1. The van der Waals surface area contributed by atoms with Gasteiger partial charge >= 0.3 is 0 Å². The standard InChI is InChI=1S/C25H19IN2O2/c26-22-9-4-7-20(15-22)25(29)28-27-16-18-11-13-23(14-12-18)30-17-21-8-3-6-19-5-1-2-10-24(19)21/h1-16H,17H2,(H,28,29)/b27-16-. The third kappa shape index (κ3) is 5.04. The second-order valence-corrected chi connectivity index (χ2v) is 7.95. The zero-order chi connectivity index (χ0) is 20.8. The molecule has 0 radical (unpaired) electrons. The minimum Gasteiger partial charge on any atom is -0.489 e. The van der Waals surface area contributed by atoms with Gasteiger partial charge in [-0.3, -0.25) is 4.79 Å². The lowest BCUT2D eigenvalue weighted by molar-refractivity contribution is 0.0955. The van der Waals surface area contributed by atoms with Crippen LogP contribution in [0.5, 0.6) is 5.75 Å². The van der Waals surface area contributed by atoms with Gasteiger partial charge in [0, 0.05) is 9.13 Å². The molecule has 4 rings (SSSR count). The van der Waals surface area contributed by atoms with Crippen LogP contribution in [0, 0.1) is 3.57 Å². The lowest BCUT2D eigenvalue weighted by atomic mass is 10.1. The monoisotopic (exact) mass is 506 g/mol. The van der Waals surface area contributed by atoms with Gasteiger partial charge < -0.3 is 4.74 Å². The quantitative estimate of drug-likeness (QED) is 0.205. The van der Waals surface area contributed by atoms with Crippen molar-refractivity contribution < 1.29 is 9.53 Å². The minimum atomic E-state index is -0.236. The predicted molar refractivity (Wildman–Crippen MR) is 129 cm³/mol. The Morgan fingerprint density at radius 1 is 0.933 bits per heavy atom. The Balaban J connectivity index is 1.35. The predicted octanol–water partition coefficient (Wildman–Crippen LogP) is 5.79. The molecular formula is C25H19IN2O2. The summed E-state index contributed by atoms with van der Waals surface area (Å²) in [6.45, 7) is 0.501. The number of rotatable bonds is 6. The molecule has 0 aliphatic carbocycles. The van der Waals surface area contributed by atoms with Crippen LogP contribution >= 0.6 is 22.6 Å². The zero-order valence-corrected chi connectivity index (χ0v) is 18.2. The summed E-state index contributed by atoms with van der Waals surface area (Å²) < 4.78 is 6.96. The highest BCUT2D eigenvalue weighted by Crippen LogP contribution is 2.21. The van der Waals surface area contributed by atoms with E-state index in [1.807, 2.05) is 60.7 Å². The van der Waals surface area contributed by atoms with E-state index >= 15 is 0 Å². The molecular weight excluding hydrogens is 487 g/mol. The molecule has 0 saturated carbocycles. The van der Waals surface area contributed by atoms with E-state index in [1.54, 1.807) is 12.3 Å². The van der Waals surface area contributed by atoms with Gasteiger partial charge in [0.15, 0.2) is 0 Å². The van der Waals surface area contributed by atoms with E-state index in [1.165, 1.54) is 10.8 Å². The maximum Gasteiger partial charge on any atom is 0.271 e. The van der Waals surface area contributed by atoms with Gasteiger partial charge in [-0.15, -0.1) is 0 Å². The first-order valence-corrected chi connectivity index (χ1v) is 10.6. The first-order chi connectivity index (χ1) is 14.7. The van der Waals surface area contributed by atoms with Crippen molar-refractivity contribution in [1.82, 2.24) is 5.43 Å². The molecule has 0 aliphatic rings. The van der Waals surface area contributed by atoms with Gasteiger partial charge in [0.25, 0.3) is 5.91 Å². The number of carbonyl (C=O) groups excluding carboxylic acids is 1. The zero-order valence-electron chi connectivity index (χ0n) is 16.1. The van der Waals surface area contributed by atoms with E-state index in [4.69, 9.17) is 4.74 Å². The highest BCUT2D eigenvalue weighted by molar-refractivity contribution is 14.1. The van der Waals surface area contributed by atoms with Gasteiger partial charge in [-0.05, 0) is 87.0 Å². The van der Waals surface area contributed by atoms with Crippen LogP contribution in [0.4, 0.5) is 0 Å². The third-order valence-electron chi connectivity index (χ3n) is 4.62. The molecule has 0 unspecified atom stereocenters. The first-order valence-electron chi connectivity index (χ1n) is 9.47. The summed E-state index contributed by atoms with van der Waals surface area (Å²) in [6, 6.07) is 29.5. The molecule has 0 aliphatic heterocycles. The number of carbonyl (C=O) groups is 1. The molecule has 4 aromatic carbocycles. The largest absolute Gasteiger partial charge is 0.489 e. The second kappa shape index (κ2) is 9.54. The topological polar surface area (TPSA) is 50.7 Å². The lowest BCUT2D eigenvalue weighted by Gasteiger charge is -2.09. The van der Waals surface area contributed by atoms with Crippen molar-refractivity contribution >= 4 is 45.5 Å². The van der Waals surface area contributed by atoms with Crippen molar-refractivity contribution in [2.45, 2.75) is 6.61 Å². The van der Waals surface area contributed by atoms with Crippen LogP contribution in [-0.2, 0) is 6.61 Å². The fraction of sp³-hybridized carbons (Fsp3) is 0.0400. The van der Waals surface area contributed by atoms with E-state index < -0.39 is 0 Å². The molecule has 1 N–H and O–H groups in total. The number of nitrogens with zero attached hydrogens (tertiary/aromatic N) is 1. The molecule has 0 spiro atoms. The van der Waals surface area contributed by atoms with E-state index in [2.05, 4.69) is 57.4 Å². The van der Waals surface area contributed by atoms with Gasteiger partial charge in [0.2, 0.25) is 0 Å². The molecule has 1 amide bonds. The molecule has 0 aromatic heterocycles. The molecule has 0 heterocycles. The van der Waals surface area contributed by atoms with Crippen molar-refractivity contribution in [2.75, 3.05) is 0 Å². The number of hydrazone groups is 1.